The maximum Gasteiger partial charge on any atom is 0.223 e. The fourth-order valence-corrected chi connectivity index (χ4v) is 2.86. The molecule has 94 valence electrons. The Morgan fingerprint density at radius 1 is 1.47 bits per heavy atom. The van der Waals surface area contributed by atoms with Crippen LogP contribution >= 0.6 is 11.3 Å². The van der Waals surface area contributed by atoms with E-state index in [1.165, 1.54) is 9.75 Å². The van der Waals surface area contributed by atoms with Crippen LogP contribution in [0.3, 0.4) is 0 Å². The molecule has 2 N–H and O–H groups in total. The largest absolute Gasteiger partial charge is 0.349 e. The van der Waals surface area contributed by atoms with Crippen LogP contribution in [0, 0.1) is 18.8 Å². The molecule has 0 aliphatic carbocycles. The van der Waals surface area contributed by atoms with Crippen molar-refractivity contribution in [2.24, 2.45) is 11.8 Å². The van der Waals surface area contributed by atoms with Gasteiger partial charge in [-0.1, -0.05) is 6.92 Å². The zero-order chi connectivity index (χ0) is 12.4. The van der Waals surface area contributed by atoms with Gasteiger partial charge in [0, 0.05) is 15.7 Å². The molecule has 2 unspecified atom stereocenters. The van der Waals surface area contributed by atoms with Crippen molar-refractivity contribution in [2.45, 2.75) is 26.8 Å². The molecular formula is C13H20N2OS. The smallest absolute Gasteiger partial charge is 0.223 e. The van der Waals surface area contributed by atoms with Gasteiger partial charge in [0.1, 0.15) is 0 Å². The monoisotopic (exact) mass is 252 g/mol. The van der Waals surface area contributed by atoms with Gasteiger partial charge in [-0.15, -0.1) is 11.3 Å². The molecule has 0 bridgehead atoms. The lowest BCUT2D eigenvalue weighted by Crippen LogP contribution is -2.49. The molecule has 0 radical (unpaired) electrons. The van der Waals surface area contributed by atoms with Crippen LogP contribution in [0.1, 0.15) is 29.6 Å². The van der Waals surface area contributed by atoms with Crippen LogP contribution in [0.4, 0.5) is 0 Å². The highest BCUT2D eigenvalue weighted by atomic mass is 32.1. The highest BCUT2D eigenvalue weighted by Gasteiger charge is 2.29. The molecule has 0 saturated carbocycles. The summed E-state index contributed by atoms with van der Waals surface area (Å²) in [5.41, 5.74) is 0. The zero-order valence-corrected chi connectivity index (χ0v) is 11.4. The second kappa shape index (κ2) is 5.19. The van der Waals surface area contributed by atoms with E-state index in [-0.39, 0.29) is 17.9 Å². The molecule has 17 heavy (non-hydrogen) atoms. The van der Waals surface area contributed by atoms with Gasteiger partial charge in [-0.25, -0.2) is 0 Å². The summed E-state index contributed by atoms with van der Waals surface area (Å²) < 4.78 is 0. The van der Waals surface area contributed by atoms with Gasteiger partial charge in [0.05, 0.1) is 6.04 Å². The predicted octanol–water partition coefficient (Wildman–Crippen LogP) is 2.09. The molecule has 0 aromatic carbocycles. The zero-order valence-electron chi connectivity index (χ0n) is 10.6. The summed E-state index contributed by atoms with van der Waals surface area (Å²) in [6.07, 6.45) is 0. The van der Waals surface area contributed by atoms with Crippen molar-refractivity contribution >= 4 is 17.2 Å². The van der Waals surface area contributed by atoms with E-state index in [9.17, 15) is 4.79 Å². The number of thiophene rings is 1. The van der Waals surface area contributed by atoms with Gasteiger partial charge in [0.15, 0.2) is 0 Å². The summed E-state index contributed by atoms with van der Waals surface area (Å²) in [5, 5.41) is 6.31. The summed E-state index contributed by atoms with van der Waals surface area (Å²) in [7, 11) is 0. The third kappa shape index (κ3) is 2.87. The molecule has 2 atom stereocenters. The highest BCUT2D eigenvalue weighted by molar-refractivity contribution is 7.12. The summed E-state index contributed by atoms with van der Waals surface area (Å²) >= 11 is 1.75. The van der Waals surface area contributed by atoms with E-state index in [4.69, 9.17) is 0 Å². The first-order chi connectivity index (χ1) is 8.08. The minimum atomic E-state index is 0.111. The normalized spacial score (nSPS) is 19.5. The number of rotatable bonds is 4. The lowest BCUT2D eigenvalue weighted by molar-refractivity contribution is -0.127. The summed E-state index contributed by atoms with van der Waals surface area (Å²) in [6.45, 7) is 8.11. The van der Waals surface area contributed by atoms with Crippen LogP contribution < -0.4 is 10.6 Å². The molecule has 1 aliphatic heterocycles. The first-order valence-electron chi connectivity index (χ1n) is 6.15. The quantitative estimate of drug-likeness (QED) is 0.861. The van der Waals surface area contributed by atoms with Crippen molar-refractivity contribution in [3.63, 3.8) is 0 Å². The summed E-state index contributed by atoms with van der Waals surface area (Å²) in [6, 6.07) is 4.32. The van der Waals surface area contributed by atoms with Gasteiger partial charge in [-0.2, -0.15) is 0 Å². The fourth-order valence-electron chi connectivity index (χ4n) is 1.98. The predicted molar refractivity (Wildman–Crippen MR) is 71.1 cm³/mol. The van der Waals surface area contributed by atoms with E-state index in [1.54, 1.807) is 11.3 Å². The molecule has 1 aliphatic rings. The molecule has 3 nitrogen and oxygen atoms in total. The SMILES string of the molecule is Cc1ccc(C(C)NC(=O)C(C)C2CNC2)s1. The molecule has 0 spiro atoms. The van der Waals surface area contributed by atoms with E-state index < -0.39 is 0 Å². The van der Waals surface area contributed by atoms with Crippen LogP contribution in [-0.2, 0) is 4.79 Å². The van der Waals surface area contributed by atoms with Crippen LogP contribution in [0.5, 0.6) is 0 Å². The van der Waals surface area contributed by atoms with Gasteiger partial charge in [0.2, 0.25) is 5.91 Å². The minimum absolute atomic E-state index is 0.111. The van der Waals surface area contributed by atoms with Crippen molar-refractivity contribution < 1.29 is 4.79 Å². The average molecular weight is 252 g/mol. The Kier molecular flexibility index (Phi) is 3.84. The standard InChI is InChI=1S/C13H20N2OS/c1-8-4-5-12(17-8)10(3)15-13(16)9(2)11-6-14-7-11/h4-5,9-11,14H,6-7H2,1-3H3,(H,15,16). The molecular weight excluding hydrogens is 232 g/mol. The summed E-state index contributed by atoms with van der Waals surface area (Å²) in [5.74, 6) is 0.794. The van der Waals surface area contributed by atoms with E-state index in [0.717, 1.165) is 13.1 Å². The van der Waals surface area contributed by atoms with Crippen molar-refractivity contribution in [2.75, 3.05) is 13.1 Å². The third-order valence-electron chi connectivity index (χ3n) is 3.48. The van der Waals surface area contributed by atoms with Crippen LogP contribution in [0.25, 0.3) is 0 Å². The fraction of sp³-hybridized carbons (Fsp3) is 0.615. The maximum absolute atomic E-state index is 12.0. The minimum Gasteiger partial charge on any atom is -0.349 e. The lowest BCUT2D eigenvalue weighted by Gasteiger charge is -2.32. The van der Waals surface area contributed by atoms with E-state index >= 15 is 0 Å². The van der Waals surface area contributed by atoms with Gasteiger partial charge in [0.25, 0.3) is 0 Å². The number of carbonyl (C=O) groups excluding carboxylic acids is 1. The van der Waals surface area contributed by atoms with Crippen LogP contribution in [-0.4, -0.2) is 19.0 Å². The number of nitrogens with one attached hydrogen (secondary N) is 2. The van der Waals surface area contributed by atoms with Crippen LogP contribution in [0.15, 0.2) is 12.1 Å². The van der Waals surface area contributed by atoms with Crippen molar-refractivity contribution in [3.8, 4) is 0 Å². The molecule has 1 saturated heterocycles. The second-order valence-electron chi connectivity index (χ2n) is 4.89. The van der Waals surface area contributed by atoms with Gasteiger partial charge < -0.3 is 10.6 Å². The Morgan fingerprint density at radius 3 is 2.65 bits per heavy atom. The first kappa shape index (κ1) is 12.6. The first-order valence-corrected chi connectivity index (χ1v) is 6.97. The molecule has 1 fully saturated rings. The maximum atomic E-state index is 12.0. The van der Waals surface area contributed by atoms with E-state index in [0.29, 0.717) is 5.92 Å². The van der Waals surface area contributed by atoms with Crippen LogP contribution in [0.2, 0.25) is 0 Å². The lowest BCUT2D eigenvalue weighted by atomic mass is 9.88. The van der Waals surface area contributed by atoms with Crippen molar-refractivity contribution in [1.29, 1.82) is 0 Å². The molecule has 2 rings (SSSR count). The highest BCUT2D eigenvalue weighted by Crippen LogP contribution is 2.23. The molecule has 2 heterocycles. The van der Waals surface area contributed by atoms with E-state index in [2.05, 4.69) is 36.6 Å². The Labute approximate surface area is 107 Å². The molecule has 4 heteroatoms. The van der Waals surface area contributed by atoms with Crippen molar-refractivity contribution in [1.82, 2.24) is 10.6 Å². The third-order valence-corrected chi connectivity index (χ3v) is 4.66. The molecule has 1 amide bonds. The Morgan fingerprint density at radius 2 is 2.18 bits per heavy atom. The number of aryl methyl sites for hydroxylation is 1. The Hall–Kier alpha value is -0.870. The van der Waals surface area contributed by atoms with Gasteiger partial charge in [-0.3, -0.25) is 4.79 Å². The Balaban J connectivity index is 1.89. The number of hydrogen-bond acceptors (Lipinski definition) is 3. The average Bonchev–Trinajstić information content (AvgIpc) is 2.62. The topological polar surface area (TPSA) is 41.1 Å². The number of amides is 1. The molecule has 1 aromatic heterocycles. The van der Waals surface area contributed by atoms with Gasteiger partial charge >= 0.3 is 0 Å². The number of carbonyl (C=O) groups is 1. The van der Waals surface area contributed by atoms with Gasteiger partial charge in [-0.05, 0) is 45.0 Å². The Bertz CT molecular complexity index is 398. The second-order valence-corrected chi connectivity index (χ2v) is 6.21. The summed E-state index contributed by atoms with van der Waals surface area (Å²) in [4.78, 5) is 14.6. The van der Waals surface area contributed by atoms with Crippen molar-refractivity contribution in [3.05, 3.63) is 21.9 Å². The van der Waals surface area contributed by atoms with E-state index in [1.807, 2.05) is 6.92 Å². The molecule has 1 aromatic rings. The number of hydrogen-bond donors (Lipinski definition) is 2.